The van der Waals surface area contributed by atoms with Crippen LogP contribution in [0.1, 0.15) is 23.1 Å². The topological polar surface area (TPSA) is 51.0 Å². The second-order valence-corrected chi connectivity index (χ2v) is 7.21. The first-order valence-electron chi connectivity index (χ1n) is 8.78. The molecule has 0 aliphatic carbocycles. The van der Waals surface area contributed by atoms with E-state index in [0.717, 1.165) is 16.8 Å². The molecule has 1 N–H and O–H groups in total. The minimum atomic E-state index is -0.356. The van der Waals surface area contributed by atoms with Gasteiger partial charge in [-0.1, -0.05) is 71.7 Å². The predicted octanol–water partition coefficient (Wildman–Crippen LogP) is 6.55. The number of nitrogens with zero attached hydrogens (tertiary/aromatic N) is 2. The van der Waals surface area contributed by atoms with Crippen LogP contribution in [0.5, 0.6) is 0 Å². The minimum Gasteiger partial charge on any atom is -0.418 e. The summed E-state index contributed by atoms with van der Waals surface area (Å²) in [5.41, 5.74) is 3.56. The second-order valence-electron chi connectivity index (χ2n) is 6.40. The lowest BCUT2D eigenvalue weighted by atomic mass is 10.1. The molecule has 4 aromatic rings. The van der Waals surface area contributed by atoms with Gasteiger partial charge in [-0.2, -0.15) is 0 Å². The Balaban J connectivity index is 1.73. The quantitative estimate of drug-likeness (QED) is 0.405. The zero-order valence-electron chi connectivity index (χ0n) is 15.1. The van der Waals surface area contributed by atoms with Gasteiger partial charge in [-0.15, -0.1) is 10.2 Å². The second kappa shape index (κ2) is 8.05. The van der Waals surface area contributed by atoms with Gasteiger partial charge < -0.3 is 9.73 Å². The lowest BCUT2D eigenvalue weighted by molar-refractivity contribution is 0.494. The van der Waals surface area contributed by atoms with Crippen molar-refractivity contribution in [3.63, 3.8) is 0 Å². The number of benzene rings is 3. The number of anilines is 1. The van der Waals surface area contributed by atoms with Gasteiger partial charge in [0.25, 0.3) is 0 Å². The van der Waals surface area contributed by atoms with Crippen molar-refractivity contribution in [2.45, 2.75) is 13.0 Å². The molecule has 28 heavy (non-hydrogen) atoms. The Bertz CT molecular complexity index is 1100. The molecule has 0 aliphatic rings. The van der Waals surface area contributed by atoms with E-state index in [1.54, 1.807) is 6.07 Å². The van der Waals surface area contributed by atoms with Crippen molar-refractivity contribution >= 4 is 28.9 Å². The summed E-state index contributed by atoms with van der Waals surface area (Å²) in [7, 11) is 0. The Labute approximate surface area is 173 Å². The summed E-state index contributed by atoms with van der Waals surface area (Å²) in [6.45, 7) is 2.00. The first-order chi connectivity index (χ1) is 13.6. The SMILES string of the molecule is Cc1ccc(N[C@@H](c2ccccc2)c2nnc(-c3ccccc3Cl)o2)c(Cl)c1. The Morgan fingerprint density at radius 2 is 1.61 bits per heavy atom. The summed E-state index contributed by atoms with van der Waals surface area (Å²) in [5.74, 6) is 0.802. The molecule has 0 unspecified atom stereocenters. The van der Waals surface area contributed by atoms with Crippen LogP contribution < -0.4 is 5.32 Å². The zero-order valence-corrected chi connectivity index (χ0v) is 16.6. The van der Waals surface area contributed by atoms with E-state index in [2.05, 4.69) is 15.5 Å². The molecule has 0 saturated carbocycles. The molecule has 3 aromatic carbocycles. The Kier molecular flexibility index (Phi) is 5.33. The minimum absolute atomic E-state index is 0.356. The average molecular weight is 410 g/mol. The molecule has 0 amide bonds. The summed E-state index contributed by atoms with van der Waals surface area (Å²) >= 11 is 12.7. The van der Waals surface area contributed by atoms with Gasteiger partial charge in [0.15, 0.2) is 0 Å². The fraction of sp³-hybridized carbons (Fsp3) is 0.0909. The van der Waals surface area contributed by atoms with Crippen LogP contribution in [0.15, 0.2) is 77.2 Å². The van der Waals surface area contributed by atoms with Crippen molar-refractivity contribution in [2.24, 2.45) is 0 Å². The highest BCUT2D eigenvalue weighted by Crippen LogP contribution is 2.33. The monoisotopic (exact) mass is 409 g/mol. The predicted molar refractivity (Wildman–Crippen MR) is 113 cm³/mol. The highest BCUT2D eigenvalue weighted by molar-refractivity contribution is 6.33. The lowest BCUT2D eigenvalue weighted by Crippen LogP contribution is -2.13. The molecule has 6 heteroatoms. The third-order valence-electron chi connectivity index (χ3n) is 4.35. The van der Waals surface area contributed by atoms with Crippen molar-refractivity contribution in [3.8, 4) is 11.5 Å². The van der Waals surface area contributed by atoms with Crippen LogP contribution in [0.2, 0.25) is 10.0 Å². The van der Waals surface area contributed by atoms with Crippen molar-refractivity contribution in [1.82, 2.24) is 10.2 Å². The van der Waals surface area contributed by atoms with Gasteiger partial charge in [0.2, 0.25) is 11.8 Å². The third kappa shape index (κ3) is 3.88. The normalized spacial score (nSPS) is 12.0. The number of aryl methyl sites for hydroxylation is 1. The summed E-state index contributed by atoms with van der Waals surface area (Å²) in [4.78, 5) is 0. The largest absolute Gasteiger partial charge is 0.418 e. The van der Waals surface area contributed by atoms with Crippen LogP contribution in [0.3, 0.4) is 0 Å². The molecule has 1 atom stereocenters. The Morgan fingerprint density at radius 1 is 0.857 bits per heavy atom. The number of aromatic nitrogens is 2. The molecular formula is C22H17Cl2N3O. The molecule has 1 heterocycles. The van der Waals surface area contributed by atoms with E-state index in [-0.39, 0.29) is 6.04 Å². The van der Waals surface area contributed by atoms with Crippen LogP contribution in [0.25, 0.3) is 11.5 Å². The summed E-state index contributed by atoms with van der Waals surface area (Å²) in [6, 6.07) is 22.8. The maximum Gasteiger partial charge on any atom is 0.249 e. The number of nitrogens with one attached hydrogen (secondary N) is 1. The van der Waals surface area contributed by atoms with E-state index in [1.807, 2.05) is 73.7 Å². The molecule has 0 saturated heterocycles. The standard InChI is InChI=1S/C22H17Cl2N3O/c1-14-11-12-19(18(24)13-14)25-20(15-7-3-2-4-8-15)22-27-26-21(28-22)16-9-5-6-10-17(16)23/h2-13,20,25H,1H3/t20-/m0/s1. The molecule has 1 aromatic heterocycles. The highest BCUT2D eigenvalue weighted by Gasteiger charge is 2.22. The summed E-state index contributed by atoms with van der Waals surface area (Å²) in [6.07, 6.45) is 0. The van der Waals surface area contributed by atoms with E-state index in [4.69, 9.17) is 27.6 Å². The molecule has 0 aliphatic heterocycles. The fourth-order valence-corrected chi connectivity index (χ4v) is 3.43. The van der Waals surface area contributed by atoms with Gasteiger partial charge in [0.05, 0.1) is 21.3 Å². The van der Waals surface area contributed by atoms with Gasteiger partial charge in [-0.25, -0.2) is 0 Å². The Hall–Kier alpha value is -2.82. The van der Waals surface area contributed by atoms with Crippen LogP contribution in [-0.2, 0) is 0 Å². The van der Waals surface area contributed by atoms with E-state index in [0.29, 0.717) is 27.4 Å². The van der Waals surface area contributed by atoms with Crippen molar-refractivity contribution in [1.29, 1.82) is 0 Å². The summed E-state index contributed by atoms with van der Waals surface area (Å²) < 4.78 is 5.99. The van der Waals surface area contributed by atoms with Gasteiger partial charge in [-0.05, 0) is 42.3 Å². The molecule has 0 bridgehead atoms. The number of halogens is 2. The van der Waals surface area contributed by atoms with Gasteiger partial charge >= 0.3 is 0 Å². The van der Waals surface area contributed by atoms with Gasteiger partial charge in [0.1, 0.15) is 6.04 Å². The molecule has 0 spiro atoms. The Morgan fingerprint density at radius 3 is 2.36 bits per heavy atom. The van der Waals surface area contributed by atoms with Crippen molar-refractivity contribution < 1.29 is 4.42 Å². The molecule has 4 nitrogen and oxygen atoms in total. The van der Waals surface area contributed by atoms with Gasteiger partial charge in [0, 0.05) is 0 Å². The average Bonchev–Trinajstić information content (AvgIpc) is 3.18. The third-order valence-corrected chi connectivity index (χ3v) is 4.99. The molecule has 4 rings (SSSR count). The fourth-order valence-electron chi connectivity index (χ4n) is 2.92. The highest BCUT2D eigenvalue weighted by atomic mass is 35.5. The summed E-state index contributed by atoms with van der Waals surface area (Å²) in [5, 5.41) is 13.1. The number of hydrogen-bond donors (Lipinski definition) is 1. The number of rotatable bonds is 5. The van der Waals surface area contributed by atoms with Gasteiger partial charge in [-0.3, -0.25) is 0 Å². The lowest BCUT2D eigenvalue weighted by Gasteiger charge is -2.18. The van der Waals surface area contributed by atoms with Crippen LogP contribution in [0.4, 0.5) is 5.69 Å². The maximum absolute atomic E-state index is 6.42. The molecule has 140 valence electrons. The molecule has 0 fully saturated rings. The van der Waals surface area contributed by atoms with Crippen LogP contribution >= 0.6 is 23.2 Å². The molecular weight excluding hydrogens is 393 g/mol. The van der Waals surface area contributed by atoms with Crippen LogP contribution in [-0.4, -0.2) is 10.2 Å². The zero-order chi connectivity index (χ0) is 19.5. The van der Waals surface area contributed by atoms with Crippen LogP contribution in [0, 0.1) is 6.92 Å². The number of hydrogen-bond acceptors (Lipinski definition) is 4. The van der Waals surface area contributed by atoms with E-state index in [1.165, 1.54) is 0 Å². The van der Waals surface area contributed by atoms with E-state index < -0.39 is 0 Å². The smallest absolute Gasteiger partial charge is 0.249 e. The van der Waals surface area contributed by atoms with Crippen molar-refractivity contribution in [3.05, 3.63) is 99.9 Å². The van der Waals surface area contributed by atoms with Crippen molar-refractivity contribution in [2.75, 3.05) is 5.32 Å². The van der Waals surface area contributed by atoms with E-state index in [9.17, 15) is 0 Å². The maximum atomic E-state index is 6.42. The first-order valence-corrected chi connectivity index (χ1v) is 9.53. The molecule has 0 radical (unpaired) electrons. The van der Waals surface area contributed by atoms with E-state index >= 15 is 0 Å². The first kappa shape index (κ1) is 18.5.